The third kappa shape index (κ3) is 4.03. The second-order valence-corrected chi connectivity index (χ2v) is 6.42. The highest BCUT2D eigenvalue weighted by molar-refractivity contribution is 5.60. The van der Waals surface area contributed by atoms with E-state index in [1.165, 1.54) is 30.6 Å². The van der Waals surface area contributed by atoms with Crippen molar-refractivity contribution in [3.63, 3.8) is 0 Å². The first-order chi connectivity index (χ1) is 11.6. The van der Waals surface area contributed by atoms with Crippen molar-refractivity contribution in [2.24, 2.45) is 7.05 Å². The molecule has 0 bridgehead atoms. The fraction of sp³-hybridized carbons (Fsp3) is 0.474. The van der Waals surface area contributed by atoms with Crippen molar-refractivity contribution in [3.8, 4) is 17.0 Å². The number of nitrogens with zero attached hydrogens (tertiary/aromatic N) is 3. The van der Waals surface area contributed by atoms with E-state index in [0.717, 1.165) is 36.6 Å². The Kier molecular flexibility index (Phi) is 5.30. The van der Waals surface area contributed by atoms with Crippen molar-refractivity contribution in [1.82, 2.24) is 14.7 Å². The van der Waals surface area contributed by atoms with Crippen LogP contribution in [0.3, 0.4) is 0 Å². The Morgan fingerprint density at radius 2 is 1.88 bits per heavy atom. The molecule has 0 atom stereocenters. The van der Waals surface area contributed by atoms with E-state index in [2.05, 4.69) is 10.00 Å². The number of rotatable bonds is 6. The molecule has 0 aliphatic carbocycles. The summed E-state index contributed by atoms with van der Waals surface area (Å²) < 4.78 is 7.20. The fourth-order valence-corrected chi connectivity index (χ4v) is 3.11. The SMILES string of the molecule is Cc1cc(-c2ccc(OCCCN3CCCC3)cc2)nn(C)c1=O. The van der Waals surface area contributed by atoms with Crippen molar-refractivity contribution in [3.05, 3.63) is 46.2 Å². The summed E-state index contributed by atoms with van der Waals surface area (Å²) in [7, 11) is 1.68. The van der Waals surface area contributed by atoms with Gasteiger partial charge in [-0.2, -0.15) is 5.10 Å². The van der Waals surface area contributed by atoms with Crippen molar-refractivity contribution < 1.29 is 4.74 Å². The summed E-state index contributed by atoms with van der Waals surface area (Å²) in [6.07, 6.45) is 3.73. The summed E-state index contributed by atoms with van der Waals surface area (Å²) >= 11 is 0. The lowest BCUT2D eigenvalue weighted by Crippen LogP contribution is -2.22. The summed E-state index contributed by atoms with van der Waals surface area (Å²) in [6.45, 7) is 6.15. The summed E-state index contributed by atoms with van der Waals surface area (Å²) in [5.74, 6) is 0.877. The van der Waals surface area contributed by atoms with Crippen molar-refractivity contribution in [2.75, 3.05) is 26.2 Å². The molecule has 2 heterocycles. The number of hydrogen-bond donors (Lipinski definition) is 0. The Balaban J connectivity index is 1.56. The van der Waals surface area contributed by atoms with Crippen molar-refractivity contribution in [2.45, 2.75) is 26.2 Å². The second-order valence-electron chi connectivity index (χ2n) is 6.42. The molecule has 5 nitrogen and oxygen atoms in total. The zero-order chi connectivity index (χ0) is 16.9. The van der Waals surface area contributed by atoms with Gasteiger partial charge in [0.1, 0.15) is 5.75 Å². The predicted octanol–water partition coefficient (Wildman–Crippen LogP) is 2.62. The van der Waals surface area contributed by atoms with Crippen LogP contribution >= 0.6 is 0 Å². The molecule has 1 saturated heterocycles. The molecule has 5 heteroatoms. The van der Waals surface area contributed by atoms with Gasteiger partial charge in [-0.3, -0.25) is 4.79 Å². The molecule has 128 valence electrons. The fourth-order valence-electron chi connectivity index (χ4n) is 3.11. The topological polar surface area (TPSA) is 47.4 Å². The second kappa shape index (κ2) is 7.62. The maximum absolute atomic E-state index is 11.7. The maximum Gasteiger partial charge on any atom is 0.269 e. The van der Waals surface area contributed by atoms with Gasteiger partial charge in [0.2, 0.25) is 0 Å². The molecule has 0 spiro atoms. The Hall–Kier alpha value is -2.14. The van der Waals surface area contributed by atoms with E-state index in [0.29, 0.717) is 5.56 Å². The first kappa shape index (κ1) is 16.7. The van der Waals surface area contributed by atoms with E-state index in [1.54, 1.807) is 7.05 Å². The average molecular weight is 327 g/mol. The minimum absolute atomic E-state index is 0.0586. The van der Waals surface area contributed by atoms with E-state index in [4.69, 9.17) is 4.74 Å². The number of aryl methyl sites for hydroxylation is 2. The summed E-state index contributed by atoms with van der Waals surface area (Å²) in [6, 6.07) is 9.74. The third-order valence-corrected chi connectivity index (χ3v) is 4.48. The molecule has 0 amide bonds. The summed E-state index contributed by atoms with van der Waals surface area (Å²) in [4.78, 5) is 14.2. The maximum atomic E-state index is 11.7. The Morgan fingerprint density at radius 3 is 2.54 bits per heavy atom. The lowest BCUT2D eigenvalue weighted by atomic mass is 10.1. The van der Waals surface area contributed by atoms with Crippen LogP contribution in [0, 0.1) is 6.92 Å². The Morgan fingerprint density at radius 1 is 1.17 bits per heavy atom. The van der Waals surface area contributed by atoms with E-state index in [1.807, 2.05) is 37.3 Å². The minimum Gasteiger partial charge on any atom is -0.494 e. The summed E-state index contributed by atoms with van der Waals surface area (Å²) in [5.41, 5.74) is 2.43. The van der Waals surface area contributed by atoms with Gasteiger partial charge in [0.15, 0.2) is 0 Å². The third-order valence-electron chi connectivity index (χ3n) is 4.48. The zero-order valence-corrected chi connectivity index (χ0v) is 14.5. The zero-order valence-electron chi connectivity index (χ0n) is 14.5. The molecule has 1 aromatic heterocycles. The van der Waals surface area contributed by atoms with Crippen LogP contribution in [0.2, 0.25) is 0 Å². The van der Waals surface area contributed by atoms with Gasteiger partial charge in [0.05, 0.1) is 12.3 Å². The van der Waals surface area contributed by atoms with Crippen LogP contribution in [0.15, 0.2) is 35.1 Å². The van der Waals surface area contributed by atoms with E-state index < -0.39 is 0 Å². The number of hydrogen-bond acceptors (Lipinski definition) is 4. The smallest absolute Gasteiger partial charge is 0.269 e. The average Bonchev–Trinajstić information content (AvgIpc) is 3.10. The van der Waals surface area contributed by atoms with Gasteiger partial charge in [0, 0.05) is 24.7 Å². The van der Waals surface area contributed by atoms with Crippen LogP contribution in [0.25, 0.3) is 11.3 Å². The van der Waals surface area contributed by atoms with Crippen molar-refractivity contribution >= 4 is 0 Å². The Labute approximate surface area is 142 Å². The molecule has 1 fully saturated rings. The van der Waals surface area contributed by atoms with Gasteiger partial charge in [-0.05, 0) is 69.6 Å². The highest BCUT2D eigenvalue weighted by Crippen LogP contribution is 2.20. The number of benzene rings is 1. The van der Waals surface area contributed by atoms with Crippen LogP contribution in [0.1, 0.15) is 24.8 Å². The lowest BCUT2D eigenvalue weighted by molar-refractivity contribution is 0.263. The Bertz CT molecular complexity index is 705. The highest BCUT2D eigenvalue weighted by Gasteiger charge is 2.10. The molecular formula is C19H25N3O2. The van der Waals surface area contributed by atoms with Gasteiger partial charge >= 0.3 is 0 Å². The van der Waals surface area contributed by atoms with E-state index >= 15 is 0 Å². The van der Waals surface area contributed by atoms with Crippen LogP contribution in [-0.4, -0.2) is 40.9 Å². The molecule has 1 aromatic carbocycles. The van der Waals surface area contributed by atoms with E-state index in [9.17, 15) is 4.79 Å². The van der Waals surface area contributed by atoms with Crippen LogP contribution in [0.5, 0.6) is 5.75 Å². The molecule has 0 unspecified atom stereocenters. The molecule has 0 saturated carbocycles. The first-order valence-corrected chi connectivity index (χ1v) is 8.64. The van der Waals surface area contributed by atoms with Gasteiger partial charge in [-0.15, -0.1) is 0 Å². The van der Waals surface area contributed by atoms with Gasteiger partial charge in [-0.1, -0.05) is 0 Å². The molecule has 0 N–H and O–H groups in total. The van der Waals surface area contributed by atoms with Crippen LogP contribution in [-0.2, 0) is 7.05 Å². The van der Waals surface area contributed by atoms with Gasteiger partial charge in [-0.25, -0.2) is 4.68 Å². The van der Waals surface area contributed by atoms with Crippen molar-refractivity contribution in [1.29, 1.82) is 0 Å². The van der Waals surface area contributed by atoms with Gasteiger partial charge in [0.25, 0.3) is 5.56 Å². The first-order valence-electron chi connectivity index (χ1n) is 8.64. The normalized spacial score (nSPS) is 14.9. The van der Waals surface area contributed by atoms with E-state index in [-0.39, 0.29) is 5.56 Å². The molecule has 24 heavy (non-hydrogen) atoms. The molecular weight excluding hydrogens is 302 g/mol. The standard InChI is InChI=1S/C19H25N3O2/c1-15-14-18(20-21(2)19(15)23)16-6-8-17(9-7-16)24-13-5-12-22-10-3-4-11-22/h6-9,14H,3-5,10-13H2,1-2H3. The number of likely N-dealkylation sites (tertiary alicyclic amines) is 1. The molecule has 3 rings (SSSR count). The lowest BCUT2D eigenvalue weighted by Gasteiger charge is -2.14. The van der Waals surface area contributed by atoms with Gasteiger partial charge < -0.3 is 9.64 Å². The molecule has 1 aliphatic heterocycles. The number of aromatic nitrogens is 2. The largest absolute Gasteiger partial charge is 0.494 e. The number of ether oxygens (including phenoxy) is 1. The minimum atomic E-state index is -0.0586. The quantitative estimate of drug-likeness (QED) is 0.765. The van der Waals surface area contributed by atoms with Crippen LogP contribution in [0.4, 0.5) is 0 Å². The monoisotopic (exact) mass is 327 g/mol. The van der Waals surface area contributed by atoms with Crippen LogP contribution < -0.4 is 10.3 Å². The predicted molar refractivity (Wildman–Crippen MR) is 95.4 cm³/mol. The molecule has 2 aromatic rings. The highest BCUT2D eigenvalue weighted by atomic mass is 16.5. The molecule has 1 aliphatic rings. The summed E-state index contributed by atoms with van der Waals surface area (Å²) in [5, 5.41) is 4.31. The molecule has 0 radical (unpaired) electrons.